The molecule has 6 heteroatoms. The van der Waals surface area contributed by atoms with Crippen LogP contribution in [0.1, 0.15) is 0 Å². The van der Waals surface area contributed by atoms with Gasteiger partial charge in [-0.1, -0.05) is 39.3 Å². The molecule has 0 atom stereocenters. The average molecular weight is 358 g/mol. The third-order valence-electron chi connectivity index (χ3n) is 3.15. The van der Waals surface area contributed by atoms with Crippen molar-refractivity contribution in [3.63, 3.8) is 0 Å². The fourth-order valence-electron chi connectivity index (χ4n) is 2.20. The van der Waals surface area contributed by atoms with Gasteiger partial charge in [-0.05, 0) is 23.6 Å². The standard InChI is InChI=1S/C15H8BrN3OS/c16-10-4-1-3-9(7-10)13-15-11(8-20-19-15)14(18-17-13)12-5-2-6-21-12/h1-8H. The van der Waals surface area contributed by atoms with E-state index in [1.54, 1.807) is 17.6 Å². The lowest BCUT2D eigenvalue weighted by atomic mass is 10.1. The maximum Gasteiger partial charge on any atom is 0.144 e. The second-order valence-electron chi connectivity index (χ2n) is 4.46. The summed E-state index contributed by atoms with van der Waals surface area (Å²) < 4.78 is 6.15. The monoisotopic (exact) mass is 357 g/mol. The van der Waals surface area contributed by atoms with Gasteiger partial charge in [0, 0.05) is 10.0 Å². The van der Waals surface area contributed by atoms with Gasteiger partial charge < -0.3 is 4.52 Å². The van der Waals surface area contributed by atoms with Crippen LogP contribution in [-0.4, -0.2) is 15.4 Å². The fraction of sp³-hybridized carbons (Fsp3) is 0. The van der Waals surface area contributed by atoms with Crippen molar-refractivity contribution in [3.05, 3.63) is 52.5 Å². The maximum absolute atomic E-state index is 5.16. The van der Waals surface area contributed by atoms with Crippen LogP contribution in [0.2, 0.25) is 0 Å². The molecule has 0 bridgehead atoms. The van der Waals surface area contributed by atoms with Gasteiger partial charge >= 0.3 is 0 Å². The second-order valence-corrected chi connectivity index (χ2v) is 6.33. The summed E-state index contributed by atoms with van der Waals surface area (Å²) in [6.45, 7) is 0. The predicted octanol–water partition coefficient (Wildman–Crippen LogP) is 4.78. The summed E-state index contributed by atoms with van der Waals surface area (Å²) in [4.78, 5) is 1.05. The average Bonchev–Trinajstić information content (AvgIpc) is 3.17. The molecule has 4 aromatic rings. The van der Waals surface area contributed by atoms with Crippen LogP contribution < -0.4 is 0 Å². The highest BCUT2D eigenvalue weighted by Gasteiger charge is 2.16. The fourth-order valence-corrected chi connectivity index (χ4v) is 3.32. The number of aromatic nitrogens is 3. The Labute approximate surface area is 132 Å². The lowest BCUT2D eigenvalue weighted by Gasteiger charge is -2.03. The van der Waals surface area contributed by atoms with Gasteiger partial charge in [0.25, 0.3) is 0 Å². The smallest absolute Gasteiger partial charge is 0.144 e. The molecule has 3 heterocycles. The summed E-state index contributed by atoms with van der Waals surface area (Å²) in [7, 11) is 0. The number of hydrogen-bond acceptors (Lipinski definition) is 5. The van der Waals surface area contributed by atoms with Crippen molar-refractivity contribution in [1.82, 2.24) is 15.4 Å². The van der Waals surface area contributed by atoms with Crippen molar-refractivity contribution < 1.29 is 4.52 Å². The van der Waals surface area contributed by atoms with Crippen LogP contribution in [0.25, 0.3) is 32.7 Å². The maximum atomic E-state index is 5.16. The van der Waals surface area contributed by atoms with E-state index in [4.69, 9.17) is 4.52 Å². The van der Waals surface area contributed by atoms with Gasteiger partial charge in [-0.15, -0.1) is 21.5 Å². The van der Waals surface area contributed by atoms with Crippen LogP contribution in [0.5, 0.6) is 0 Å². The molecular formula is C15H8BrN3OS. The molecule has 4 nitrogen and oxygen atoms in total. The largest absolute Gasteiger partial charge is 0.363 e. The Bertz CT molecular complexity index is 918. The van der Waals surface area contributed by atoms with Gasteiger partial charge in [0.1, 0.15) is 23.2 Å². The van der Waals surface area contributed by atoms with Crippen LogP contribution in [0, 0.1) is 0 Å². The topological polar surface area (TPSA) is 51.8 Å². The Balaban J connectivity index is 1.97. The highest BCUT2D eigenvalue weighted by molar-refractivity contribution is 9.10. The van der Waals surface area contributed by atoms with Gasteiger partial charge in [-0.3, -0.25) is 0 Å². The minimum Gasteiger partial charge on any atom is -0.363 e. The van der Waals surface area contributed by atoms with E-state index in [0.717, 1.165) is 37.2 Å². The van der Waals surface area contributed by atoms with E-state index in [9.17, 15) is 0 Å². The zero-order valence-corrected chi connectivity index (χ0v) is 13.1. The first kappa shape index (κ1) is 12.7. The van der Waals surface area contributed by atoms with E-state index in [2.05, 4.69) is 31.3 Å². The number of rotatable bonds is 2. The Morgan fingerprint density at radius 3 is 2.76 bits per heavy atom. The van der Waals surface area contributed by atoms with Gasteiger partial charge in [0.2, 0.25) is 0 Å². The number of thiophene rings is 1. The van der Waals surface area contributed by atoms with Crippen molar-refractivity contribution in [2.24, 2.45) is 0 Å². The molecule has 0 aliphatic rings. The van der Waals surface area contributed by atoms with E-state index in [1.165, 1.54) is 0 Å². The Morgan fingerprint density at radius 1 is 1.05 bits per heavy atom. The molecule has 21 heavy (non-hydrogen) atoms. The summed E-state index contributed by atoms with van der Waals surface area (Å²) in [6, 6.07) is 11.9. The number of nitrogens with zero attached hydrogens (tertiary/aromatic N) is 3. The van der Waals surface area contributed by atoms with Gasteiger partial charge in [-0.25, -0.2) is 0 Å². The number of benzene rings is 1. The summed E-state index contributed by atoms with van der Waals surface area (Å²) in [5.41, 5.74) is 3.21. The van der Waals surface area contributed by atoms with E-state index >= 15 is 0 Å². The summed E-state index contributed by atoms with van der Waals surface area (Å²) in [6.07, 6.45) is 1.63. The first-order chi connectivity index (χ1) is 10.3. The molecule has 0 saturated heterocycles. The van der Waals surface area contributed by atoms with Crippen LogP contribution in [0.3, 0.4) is 0 Å². The van der Waals surface area contributed by atoms with Crippen molar-refractivity contribution in [3.8, 4) is 21.8 Å². The van der Waals surface area contributed by atoms with Gasteiger partial charge in [-0.2, -0.15) is 0 Å². The van der Waals surface area contributed by atoms with Gasteiger partial charge in [0.15, 0.2) is 0 Å². The third-order valence-corrected chi connectivity index (χ3v) is 4.52. The first-order valence-electron chi connectivity index (χ1n) is 6.23. The Kier molecular flexibility index (Phi) is 3.05. The van der Waals surface area contributed by atoms with Crippen LogP contribution in [0.15, 0.2) is 57.0 Å². The SMILES string of the molecule is Brc1cccc(-c2nnc(-c3cccs3)c3conc23)c1. The van der Waals surface area contributed by atoms with Crippen molar-refractivity contribution >= 4 is 38.2 Å². The third kappa shape index (κ3) is 2.16. The lowest BCUT2D eigenvalue weighted by Crippen LogP contribution is -1.92. The minimum atomic E-state index is 0.723. The van der Waals surface area contributed by atoms with Crippen molar-refractivity contribution in [2.45, 2.75) is 0 Å². The molecule has 0 radical (unpaired) electrons. The highest BCUT2D eigenvalue weighted by Crippen LogP contribution is 2.33. The summed E-state index contributed by atoms with van der Waals surface area (Å²) >= 11 is 5.09. The molecule has 0 N–H and O–H groups in total. The highest BCUT2D eigenvalue weighted by atomic mass is 79.9. The van der Waals surface area contributed by atoms with Crippen molar-refractivity contribution in [2.75, 3.05) is 0 Å². The quantitative estimate of drug-likeness (QED) is 0.518. The molecular weight excluding hydrogens is 350 g/mol. The normalized spacial score (nSPS) is 11.1. The lowest BCUT2D eigenvalue weighted by molar-refractivity contribution is 0.428. The zero-order valence-electron chi connectivity index (χ0n) is 10.7. The molecule has 102 valence electrons. The molecule has 0 unspecified atom stereocenters. The summed E-state index contributed by atoms with van der Waals surface area (Å²) in [5.74, 6) is 0. The Morgan fingerprint density at radius 2 is 1.95 bits per heavy atom. The molecule has 3 aromatic heterocycles. The second kappa shape index (κ2) is 5.05. The molecule has 0 saturated carbocycles. The zero-order chi connectivity index (χ0) is 14.2. The molecule has 0 amide bonds. The number of hydrogen-bond donors (Lipinski definition) is 0. The first-order valence-corrected chi connectivity index (χ1v) is 7.91. The van der Waals surface area contributed by atoms with Gasteiger partial charge in [0.05, 0.1) is 10.3 Å². The molecule has 0 fully saturated rings. The number of fused-ring (bicyclic) bond motifs is 1. The van der Waals surface area contributed by atoms with Crippen molar-refractivity contribution in [1.29, 1.82) is 0 Å². The Hall–Kier alpha value is -2.05. The van der Waals surface area contributed by atoms with E-state index in [1.807, 2.05) is 41.8 Å². The minimum absolute atomic E-state index is 0.723. The molecule has 0 aliphatic heterocycles. The molecule has 1 aromatic carbocycles. The molecule has 0 spiro atoms. The van der Waals surface area contributed by atoms with Crippen LogP contribution in [-0.2, 0) is 0 Å². The molecule has 4 rings (SSSR count). The number of halogens is 1. The predicted molar refractivity (Wildman–Crippen MR) is 86.0 cm³/mol. The van der Waals surface area contributed by atoms with E-state index < -0.39 is 0 Å². The molecule has 0 aliphatic carbocycles. The van der Waals surface area contributed by atoms with E-state index in [0.29, 0.717) is 0 Å². The van der Waals surface area contributed by atoms with Crippen LogP contribution in [0.4, 0.5) is 0 Å². The van der Waals surface area contributed by atoms with Crippen LogP contribution >= 0.6 is 27.3 Å². The van der Waals surface area contributed by atoms with E-state index in [-0.39, 0.29) is 0 Å². The summed E-state index contributed by atoms with van der Waals surface area (Å²) in [5, 5.41) is 15.7.